The van der Waals surface area contributed by atoms with E-state index in [-0.39, 0.29) is 17.5 Å². The average molecular weight is 364 g/mol. The predicted octanol–water partition coefficient (Wildman–Crippen LogP) is 3.28. The normalized spacial score (nSPS) is 10.3. The number of Topliss-reactive ketones (excluding diaryl/α,β-unsaturated/α-hetero) is 1. The largest absolute Gasteiger partial charge is 0.451 e. The summed E-state index contributed by atoms with van der Waals surface area (Å²) in [6, 6.07) is 16.5. The molecule has 0 spiro atoms. The predicted molar refractivity (Wildman–Crippen MR) is 96.7 cm³/mol. The van der Waals surface area contributed by atoms with Gasteiger partial charge in [0.25, 0.3) is 5.91 Å². The van der Waals surface area contributed by atoms with Crippen molar-refractivity contribution in [2.75, 3.05) is 11.9 Å². The van der Waals surface area contributed by atoms with Crippen LogP contribution in [0.5, 0.6) is 0 Å². The fraction of sp³-hybridized carbons (Fsp3) is 0.100. The van der Waals surface area contributed by atoms with Crippen LogP contribution in [0.2, 0.25) is 0 Å². The molecular formula is C20H16N2O5. The molecule has 0 aliphatic heterocycles. The minimum Gasteiger partial charge on any atom is -0.451 e. The Morgan fingerprint density at radius 1 is 1.00 bits per heavy atom. The Bertz CT molecular complexity index is 962. The number of rotatable bonds is 6. The number of ether oxygens (including phenoxy) is 1. The second-order valence-corrected chi connectivity index (χ2v) is 5.73. The number of esters is 1. The van der Waals surface area contributed by atoms with Crippen molar-refractivity contribution in [1.82, 2.24) is 5.16 Å². The second-order valence-electron chi connectivity index (χ2n) is 5.73. The van der Waals surface area contributed by atoms with Crippen molar-refractivity contribution in [3.05, 3.63) is 83.2 Å². The molecule has 0 fully saturated rings. The highest BCUT2D eigenvalue weighted by molar-refractivity contribution is 6.04. The number of amides is 1. The molecular weight excluding hydrogens is 348 g/mol. The molecule has 3 rings (SSSR count). The number of nitrogens with zero attached hydrogens (tertiary/aromatic N) is 1. The first-order valence-electron chi connectivity index (χ1n) is 8.13. The zero-order valence-corrected chi connectivity index (χ0v) is 14.5. The first-order chi connectivity index (χ1) is 13.0. The Balaban J connectivity index is 1.55. The molecule has 0 aliphatic carbocycles. The summed E-state index contributed by atoms with van der Waals surface area (Å²) in [6.45, 7) is 1.25. The average Bonchev–Trinajstić information content (AvgIpc) is 3.13. The molecule has 0 unspecified atom stereocenters. The number of hydrogen-bond donors (Lipinski definition) is 1. The second kappa shape index (κ2) is 8.09. The molecule has 0 bridgehead atoms. The molecule has 1 N–H and O–H groups in total. The van der Waals surface area contributed by atoms with Gasteiger partial charge in [-0.25, -0.2) is 4.79 Å². The number of anilines is 1. The number of nitrogens with one attached hydrogen (secondary N) is 1. The van der Waals surface area contributed by atoms with Crippen LogP contribution < -0.4 is 5.32 Å². The third kappa shape index (κ3) is 4.66. The molecule has 0 saturated carbocycles. The van der Waals surface area contributed by atoms with Crippen molar-refractivity contribution in [1.29, 1.82) is 0 Å². The molecule has 0 aliphatic rings. The number of hydrogen-bond acceptors (Lipinski definition) is 6. The number of benzene rings is 2. The SMILES string of the molecule is Cc1cc(C(=O)OCC(=O)c2ccc(NC(=O)c3ccccc3)cc2)on1. The molecule has 2 aromatic carbocycles. The van der Waals surface area contributed by atoms with Gasteiger partial charge < -0.3 is 14.6 Å². The smallest absolute Gasteiger partial charge is 0.377 e. The molecule has 0 radical (unpaired) electrons. The third-order valence-electron chi connectivity index (χ3n) is 3.66. The Morgan fingerprint density at radius 2 is 1.70 bits per heavy atom. The topological polar surface area (TPSA) is 98.5 Å². The lowest BCUT2D eigenvalue weighted by atomic mass is 10.1. The van der Waals surface area contributed by atoms with Gasteiger partial charge in [0.15, 0.2) is 12.4 Å². The Hall–Kier alpha value is -3.74. The van der Waals surface area contributed by atoms with E-state index in [0.717, 1.165) is 0 Å². The van der Waals surface area contributed by atoms with Crippen LogP contribution in [0.15, 0.2) is 65.2 Å². The van der Waals surface area contributed by atoms with Gasteiger partial charge in [-0.3, -0.25) is 9.59 Å². The van der Waals surface area contributed by atoms with Gasteiger partial charge in [0.1, 0.15) is 0 Å². The summed E-state index contributed by atoms with van der Waals surface area (Å²) < 4.78 is 9.70. The molecule has 3 aromatic rings. The van der Waals surface area contributed by atoms with Crippen LogP contribution >= 0.6 is 0 Å². The quantitative estimate of drug-likeness (QED) is 0.532. The van der Waals surface area contributed by atoms with Crippen LogP contribution in [-0.4, -0.2) is 29.4 Å². The summed E-state index contributed by atoms with van der Waals surface area (Å²) in [5, 5.41) is 6.33. The maximum Gasteiger partial charge on any atom is 0.377 e. The summed E-state index contributed by atoms with van der Waals surface area (Å²) in [7, 11) is 0. The zero-order chi connectivity index (χ0) is 19.2. The molecule has 1 aromatic heterocycles. The Kier molecular flexibility index (Phi) is 5.41. The monoisotopic (exact) mass is 364 g/mol. The van der Waals surface area contributed by atoms with Crippen molar-refractivity contribution in [2.45, 2.75) is 6.92 Å². The van der Waals surface area contributed by atoms with Crippen molar-refractivity contribution in [3.63, 3.8) is 0 Å². The summed E-state index contributed by atoms with van der Waals surface area (Å²) in [5.41, 5.74) is 1.98. The highest BCUT2D eigenvalue weighted by Gasteiger charge is 2.16. The lowest BCUT2D eigenvalue weighted by Crippen LogP contribution is -2.14. The van der Waals surface area contributed by atoms with Gasteiger partial charge in [0.05, 0.1) is 5.69 Å². The van der Waals surface area contributed by atoms with E-state index in [2.05, 4.69) is 10.5 Å². The molecule has 1 heterocycles. The summed E-state index contributed by atoms with van der Waals surface area (Å²) in [6.07, 6.45) is 0. The van der Waals surface area contributed by atoms with Crippen LogP contribution in [0.3, 0.4) is 0 Å². The van der Waals surface area contributed by atoms with Gasteiger partial charge in [0, 0.05) is 22.9 Å². The van der Waals surface area contributed by atoms with E-state index in [0.29, 0.717) is 22.5 Å². The number of aromatic nitrogens is 1. The number of aryl methyl sites for hydroxylation is 1. The fourth-order valence-corrected chi connectivity index (χ4v) is 2.28. The lowest BCUT2D eigenvalue weighted by Gasteiger charge is -2.06. The van der Waals surface area contributed by atoms with E-state index >= 15 is 0 Å². The van der Waals surface area contributed by atoms with Gasteiger partial charge in [-0.15, -0.1) is 0 Å². The standard InChI is InChI=1S/C20H16N2O5/c1-13-11-18(27-22-13)20(25)26-12-17(23)14-7-9-16(10-8-14)21-19(24)15-5-3-2-4-6-15/h2-11H,12H2,1H3,(H,21,24). The van der Waals surface area contributed by atoms with Crippen LogP contribution in [0, 0.1) is 6.92 Å². The molecule has 7 nitrogen and oxygen atoms in total. The number of ketones is 1. The van der Waals surface area contributed by atoms with E-state index < -0.39 is 12.6 Å². The van der Waals surface area contributed by atoms with E-state index in [1.54, 1.807) is 55.5 Å². The molecule has 1 amide bonds. The fourth-order valence-electron chi connectivity index (χ4n) is 2.28. The molecule has 7 heteroatoms. The van der Waals surface area contributed by atoms with Crippen molar-refractivity contribution in [3.8, 4) is 0 Å². The van der Waals surface area contributed by atoms with Crippen LogP contribution in [0.25, 0.3) is 0 Å². The van der Waals surface area contributed by atoms with Crippen LogP contribution in [0.1, 0.15) is 37.0 Å². The lowest BCUT2D eigenvalue weighted by molar-refractivity contribution is 0.0435. The van der Waals surface area contributed by atoms with Gasteiger partial charge in [-0.2, -0.15) is 0 Å². The van der Waals surface area contributed by atoms with Gasteiger partial charge in [-0.1, -0.05) is 23.4 Å². The van der Waals surface area contributed by atoms with E-state index in [1.165, 1.54) is 6.07 Å². The molecule has 27 heavy (non-hydrogen) atoms. The Morgan fingerprint density at radius 3 is 2.33 bits per heavy atom. The van der Waals surface area contributed by atoms with Gasteiger partial charge in [-0.05, 0) is 43.3 Å². The van der Waals surface area contributed by atoms with E-state index in [1.807, 2.05) is 6.07 Å². The van der Waals surface area contributed by atoms with Crippen molar-refractivity contribution < 1.29 is 23.6 Å². The third-order valence-corrected chi connectivity index (χ3v) is 3.66. The summed E-state index contributed by atoms with van der Waals surface area (Å²) in [5.74, 6) is -1.43. The summed E-state index contributed by atoms with van der Waals surface area (Å²) >= 11 is 0. The minimum atomic E-state index is -0.754. The minimum absolute atomic E-state index is 0.0562. The van der Waals surface area contributed by atoms with Gasteiger partial charge in [0.2, 0.25) is 5.76 Å². The zero-order valence-electron chi connectivity index (χ0n) is 14.5. The number of carbonyl (C=O) groups excluding carboxylic acids is 3. The number of carbonyl (C=O) groups is 3. The first kappa shape index (κ1) is 18.1. The van der Waals surface area contributed by atoms with Crippen LogP contribution in [-0.2, 0) is 4.74 Å². The van der Waals surface area contributed by atoms with E-state index in [4.69, 9.17) is 9.26 Å². The Labute approximate surface area is 154 Å². The maximum atomic E-state index is 12.1. The van der Waals surface area contributed by atoms with Crippen molar-refractivity contribution in [2.24, 2.45) is 0 Å². The maximum absolute atomic E-state index is 12.1. The summed E-state index contributed by atoms with van der Waals surface area (Å²) in [4.78, 5) is 36.0. The van der Waals surface area contributed by atoms with E-state index in [9.17, 15) is 14.4 Å². The highest BCUT2D eigenvalue weighted by atomic mass is 16.6. The molecule has 0 atom stereocenters. The molecule has 0 saturated heterocycles. The van der Waals surface area contributed by atoms with Crippen LogP contribution in [0.4, 0.5) is 5.69 Å². The first-order valence-corrected chi connectivity index (χ1v) is 8.13. The van der Waals surface area contributed by atoms with Crippen molar-refractivity contribution >= 4 is 23.3 Å². The highest BCUT2D eigenvalue weighted by Crippen LogP contribution is 2.13. The molecule has 136 valence electrons. The van der Waals surface area contributed by atoms with Gasteiger partial charge >= 0.3 is 5.97 Å².